The second kappa shape index (κ2) is 8.06. The number of benzene rings is 1. The summed E-state index contributed by atoms with van der Waals surface area (Å²) in [6.45, 7) is 3.57. The topological polar surface area (TPSA) is 117 Å². The average Bonchev–Trinajstić information content (AvgIpc) is 3.47. The molecule has 5 atom stereocenters. The van der Waals surface area contributed by atoms with Crippen LogP contribution in [-0.2, 0) is 9.59 Å². The number of likely N-dealkylation sites (tertiary alicyclic amines) is 3. The van der Waals surface area contributed by atoms with Crippen molar-refractivity contribution in [2.45, 2.75) is 56.4 Å². The van der Waals surface area contributed by atoms with Crippen LogP contribution in [0.3, 0.4) is 0 Å². The van der Waals surface area contributed by atoms with Crippen molar-refractivity contribution in [1.29, 1.82) is 10.5 Å². The van der Waals surface area contributed by atoms with E-state index in [-0.39, 0.29) is 36.0 Å². The molecule has 3 fully saturated rings. The predicted molar refractivity (Wildman–Crippen MR) is 109 cm³/mol. The molecule has 1 aromatic rings. The van der Waals surface area contributed by atoms with E-state index in [9.17, 15) is 14.9 Å². The number of nitrogens with two attached hydrogens (primary N) is 1. The second-order valence-corrected chi connectivity index (χ2v) is 8.44. The highest BCUT2D eigenvalue weighted by atomic mass is 16.2. The summed E-state index contributed by atoms with van der Waals surface area (Å²) in [6.07, 6.45) is 2.25. The fourth-order valence-electron chi connectivity index (χ4n) is 5.14. The molecule has 30 heavy (non-hydrogen) atoms. The first-order chi connectivity index (χ1) is 14.4. The third-order valence-corrected chi connectivity index (χ3v) is 6.66. The van der Waals surface area contributed by atoms with E-state index >= 15 is 0 Å². The molecule has 0 radical (unpaired) electrons. The molecule has 0 aliphatic carbocycles. The van der Waals surface area contributed by atoms with E-state index in [1.807, 2.05) is 34.9 Å². The lowest BCUT2D eigenvalue weighted by Gasteiger charge is -2.38. The Bertz CT molecular complexity index is 934. The van der Waals surface area contributed by atoms with Crippen molar-refractivity contribution in [2.24, 2.45) is 5.73 Å². The first-order valence-corrected chi connectivity index (χ1v) is 10.5. The van der Waals surface area contributed by atoms with Crippen molar-refractivity contribution in [2.75, 3.05) is 19.6 Å². The SMILES string of the molecule is C[C@@H](c1cccc(C#N)c1)N1C(=O)[C@@H]2CC1CN2C[C@H](N)C(=O)N1CCC[C@H]1C#N. The van der Waals surface area contributed by atoms with Crippen LogP contribution >= 0.6 is 0 Å². The van der Waals surface area contributed by atoms with Gasteiger partial charge in [-0.25, -0.2) is 0 Å². The van der Waals surface area contributed by atoms with Gasteiger partial charge in [-0.1, -0.05) is 12.1 Å². The number of rotatable bonds is 5. The standard InChI is InChI=1S/C22H26N6O2/c1-14(16-5-2-4-15(8-16)10-23)28-18-9-20(22(28)30)26(12-18)13-19(25)21(29)27-7-3-6-17(27)11-24/h2,4-5,8,14,17-20H,3,6-7,9,12-13,25H2,1H3/t14-,17-,18?,19-,20-/m0/s1. The summed E-state index contributed by atoms with van der Waals surface area (Å²) >= 11 is 0. The van der Waals surface area contributed by atoms with Gasteiger partial charge in [-0.3, -0.25) is 14.5 Å². The molecule has 156 valence electrons. The van der Waals surface area contributed by atoms with Crippen molar-refractivity contribution in [3.8, 4) is 12.1 Å². The van der Waals surface area contributed by atoms with E-state index in [0.717, 1.165) is 18.4 Å². The number of carbonyl (C=O) groups is 2. The van der Waals surface area contributed by atoms with Crippen LogP contribution in [0.15, 0.2) is 24.3 Å². The number of nitriles is 2. The molecule has 4 rings (SSSR count). The lowest BCUT2D eigenvalue weighted by molar-refractivity contribution is -0.140. The highest BCUT2D eigenvalue weighted by molar-refractivity contribution is 5.87. The van der Waals surface area contributed by atoms with Crippen molar-refractivity contribution in [3.63, 3.8) is 0 Å². The Hall–Kier alpha value is -2.94. The minimum Gasteiger partial charge on any atom is -0.330 e. The summed E-state index contributed by atoms with van der Waals surface area (Å²) in [5, 5.41) is 18.4. The molecule has 2 N–H and O–H groups in total. The third-order valence-electron chi connectivity index (χ3n) is 6.66. The molecule has 0 spiro atoms. The summed E-state index contributed by atoms with van der Waals surface area (Å²) in [6, 6.07) is 10.3. The number of fused-ring (bicyclic) bond motifs is 2. The number of hydrogen-bond acceptors (Lipinski definition) is 6. The quantitative estimate of drug-likeness (QED) is 0.771. The van der Waals surface area contributed by atoms with Crippen molar-refractivity contribution < 1.29 is 9.59 Å². The van der Waals surface area contributed by atoms with E-state index in [1.165, 1.54) is 0 Å². The minimum absolute atomic E-state index is 0.0526. The van der Waals surface area contributed by atoms with Gasteiger partial charge in [0.05, 0.1) is 35.8 Å². The van der Waals surface area contributed by atoms with Crippen LogP contribution in [-0.4, -0.2) is 70.3 Å². The first kappa shape index (κ1) is 20.3. The fraction of sp³-hybridized carbons (Fsp3) is 0.545. The summed E-state index contributed by atoms with van der Waals surface area (Å²) in [5.41, 5.74) is 7.72. The Kier molecular flexibility index (Phi) is 5.46. The van der Waals surface area contributed by atoms with Crippen LogP contribution in [0.4, 0.5) is 0 Å². The maximum Gasteiger partial charge on any atom is 0.241 e. The number of carbonyl (C=O) groups excluding carboxylic acids is 2. The van der Waals surface area contributed by atoms with Gasteiger partial charge in [0.25, 0.3) is 0 Å². The number of amides is 2. The normalized spacial score (nSPS) is 27.7. The van der Waals surface area contributed by atoms with Gasteiger partial charge >= 0.3 is 0 Å². The van der Waals surface area contributed by atoms with Crippen molar-refractivity contribution in [1.82, 2.24) is 14.7 Å². The molecule has 1 unspecified atom stereocenters. The summed E-state index contributed by atoms with van der Waals surface area (Å²) < 4.78 is 0. The molecule has 1 aromatic carbocycles. The molecule has 3 saturated heterocycles. The molecular formula is C22H26N6O2. The number of piperazine rings is 1. The van der Waals surface area contributed by atoms with Gasteiger partial charge in [-0.2, -0.15) is 10.5 Å². The van der Waals surface area contributed by atoms with Gasteiger partial charge in [0.2, 0.25) is 11.8 Å². The zero-order valence-corrected chi connectivity index (χ0v) is 17.1. The molecular weight excluding hydrogens is 380 g/mol. The monoisotopic (exact) mass is 406 g/mol. The molecule has 0 saturated carbocycles. The molecule has 8 nitrogen and oxygen atoms in total. The van der Waals surface area contributed by atoms with Crippen molar-refractivity contribution >= 4 is 11.8 Å². The van der Waals surface area contributed by atoms with Gasteiger partial charge in [0.15, 0.2) is 0 Å². The lowest BCUT2D eigenvalue weighted by atomic mass is 10.0. The van der Waals surface area contributed by atoms with E-state index in [4.69, 9.17) is 11.0 Å². The summed E-state index contributed by atoms with van der Waals surface area (Å²) in [5.74, 6) is -0.148. The van der Waals surface area contributed by atoms with E-state index < -0.39 is 6.04 Å². The van der Waals surface area contributed by atoms with Gasteiger partial charge in [0, 0.05) is 25.7 Å². The Morgan fingerprint density at radius 2 is 2.17 bits per heavy atom. The Labute approximate surface area is 176 Å². The predicted octanol–water partition coefficient (Wildman–Crippen LogP) is 0.746. The smallest absolute Gasteiger partial charge is 0.241 e. The van der Waals surface area contributed by atoms with Crippen LogP contribution in [0.1, 0.15) is 43.4 Å². The Morgan fingerprint density at radius 1 is 1.37 bits per heavy atom. The highest BCUT2D eigenvalue weighted by Gasteiger charge is 2.51. The van der Waals surface area contributed by atoms with Gasteiger partial charge < -0.3 is 15.5 Å². The minimum atomic E-state index is -0.732. The summed E-state index contributed by atoms with van der Waals surface area (Å²) in [4.78, 5) is 31.3. The van der Waals surface area contributed by atoms with E-state index in [2.05, 4.69) is 12.1 Å². The largest absolute Gasteiger partial charge is 0.330 e. The van der Waals surface area contributed by atoms with Crippen LogP contribution in [0.25, 0.3) is 0 Å². The van der Waals surface area contributed by atoms with Gasteiger partial charge in [0.1, 0.15) is 6.04 Å². The van der Waals surface area contributed by atoms with Crippen molar-refractivity contribution in [3.05, 3.63) is 35.4 Å². The molecule has 3 aliphatic heterocycles. The highest BCUT2D eigenvalue weighted by Crippen LogP contribution is 2.38. The maximum absolute atomic E-state index is 13.1. The van der Waals surface area contributed by atoms with Crippen LogP contribution in [0, 0.1) is 22.7 Å². The van der Waals surface area contributed by atoms with Crippen LogP contribution < -0.4 is 5.73 Å². The Balaban J connectivity index is 1.40. The van der Waals surface area contributed by atoms with E-state index in [1.54, 1.807) is 11.0 Å². The molecule has 8 heteroatoms. The number of nitrogens with zero attached hydrogens (tertiary/aromatic N) is 5. The third kappa shape index (κ3) is 3.43. The molecule has 0 aromatic heterocycles. The fourth-order valence-corrected chi connectivity index (χ4v) is 5.14. The molecule has 3 heterocycles. The second-order valence-electron chi connectivity index (χ2n) is 8.44. The Morgan fingerprint density at radius 3 is 2.87 bits per heavy atom. The zero-order valence-electron chi connectivity index (χ0n) is 17.1. The molecule has 2 amide bonds. The van der Waals surface area contributed by atoms with E-state index in [0.29, 0.717) is 31.6 Å². The lowest BCUT2D eigenvalue weighted by Crippen LogP contribution is -2.56. The van der Waals surface area contributed by atoms with Crippen LogP contribution in [0.2, 0.25) is 0 Å². The molecule has 3 aliphatic rings. The number of hydrogen-bond donors (Lipinski definition) is 1. The van der Waals surface area contributed by atoms with Crippen LogP contribution in [0.5, 0.6) is 0 Å². The van der Waals surface area contributed by atoms with Gasteiger partial charge in [-0.15, -0.1) is 0 Å². The van der Waals surface area contributed by atoms with Gasteiger partial charge in [-0.05, 0) is 43.9 Å². The maximum atomic E-state index is 13.1. The molecule has 2 bridgehead atoms. The first-order valence-electron chi connectivity index (χ1n) is 10.5. The average molecular weight is 406 g/mol. The summed E-state index contributed by atoms with van der Waals surface area (Å²) in [7, 11) is 0. The zero-order chi connectivity index (χ0) is 21.4.